The molecule has 4 aromatic rings. The second kappa shape index (κ2) is 6.17. The van der Waals surface area contributed by atoms with Gasteiger partial charge >= 0.3 is 0 Å². The molecule has 0 aliphatic heterocycles. The van der Waals surface area contributed by atoms with Gasteiger partial charge in [-0.2, -0.15) is 0 Å². The molecule has 1 nitrogen and oxygen atoms in total. The monoisotopic (exact) mass is 392 g/mol. The summed E-state index contributed by atoms with van der Waals surface area (Å²) in [5.74, 6) is 0.215. The Bertz CT molecular complexity index is 1260. The number of rotatable bonds is 2. The third-order valence-corrected chi connectivity index (χ3v) is 6.79. The van der Waals surface area contributed by atoms with E-state index < -0.39 is 0 Å². The lowest BCUT2D eigenvalue weighted by molar-refractivity contribution is 0.112. The molecule has 29 heavy (non-hydrogen) atoms. The quantitative estimate of drug-likeness (QED) is 0.333. The lowest BCUT2D eigenvalue weighted by Gasteiger charge is -2.25. The maximum Gasteiger partial charge on any atom is 0.151 e. The fraction of sp³-hybridized carbons (Fsp3) is 0.0741. The highest BCUT2D eigenvalue weighted by Crippen LogP contribution is 2.59. The molecule has 0 aromatic heterocycles. The minimum Gasteiger partial charge on any atom is -0.298 e. The number of aldehydes is 1. The highest BCUT2D eigenvalue weighted by Gasteiger charge is 2.42. The Balaban J connectivity index is 1.71. The Morgan fingerprint density at radius 1 is 0.586 bits per heavy atom. The van der Waals surface area contributed by atoms with Gasteiger partial charge in [0.2, 0.25) is 0 Å². The summed E-state index contributed by atoms with van der Waals surface area (Å²) in [6.45, 7) is 0. The molecule has 0 saturated carbocycles. The molecule has 138 valence electrons. The molecule has 0 bridgehead atoms. The molecule has 0 N–H and O–H groups in total. The van der Waals surface area contributed by atoms with Crippen molar-refractivity contribution in [1.29, 1.82) is 0 Å². The molecule has 4 aromatic carbocycles. The van der Waals surface area contributed by atoms with Gasteiger partial charge in [0.15, 0.2) is 6.29 Å². The van der Waals surface area contributed by atoms with E-state index in [2.05, 4.69) is 78.9 Å². The summed E-state index contributed by atoms with van der Waals surface area (Å²) in [6.07, 6.45) is 0.923. The molecule has 0 spiro atoms. The molecule has 0 radical (unpaired) electrons. The Labute approximate surface area is 174 Å². The molecule has 0 heterocycles. The zero-order valence-electron chi connectivity index (χ0n) is 15.6. The zero-order chi connectivity index (χ0) is 19.5. The van der Waals surface area contributed by atoms with Gasteiger partial charge in [-0.15, -0.1) is 0 Å². The van der Waals surface area contributed by atoms with Crippen LogP contribution in [0, 0.1) is 0 Å². The number of halogens is 1. The van der Waals surface area contributed by atoms with Crippen LogP contribution in [-0.2, 0) is 0 Å². The summed E-state index contributed by atoms with van der Waals surface area (Å²) in [7, 11) is 0. The number of fused-ring (bicyclic) bond motifs is 6. The van der Waals surface area contributed by atoms with Gasteiger partial charge in [0.1, 0.15) is 0 Å². The Kier molecular flexibility index (Phi) is 3.57. The lowest BCUT2D eigenvalue weighted by Crippen LogP contribution is -2.12. The zero-order valence-corrected chi connectivity index (χ0v) is 16.4. The van der Waals surface area contributed by atoms with Crippen molar-refractivity contribution in [3.8, 4) is 22.3 Å². The van der Waals surface area contributed by atoms with Crippen LogP contribution in [-0.4, -0.2) is 6.29 Å². The standard InChI is InChI=1S/C27H17ClO/c28-24-14-13-22-18-9-3-6-12-21(18)27(26(22)23(24)15-29)25-19-10-4-1-7-16(19)17-8-2-5-11-20(17)25/h1-15,25,27H. The van der Waals surface area contributed by atoms with Crippen LogP contribution in [0.1, 0.15) is 44.4 Å². The molecule has 2 aliphatic carbocycles. The van der Waals surface area contributed by atoms with Crippen molar-refractivity contribution in [3.05, 3.63) is 118 Å². The van der Waals surface area contributed by atoms with Gasteiger partial charge in [0.05, 0.1) is 5.02 Å². The highest BCUT2D eigenvalue weighted by molar-refractivity contribution is 6.33. The first-order valence-electron chi connectivity index (χ1n) is 9.84. The molecule has 1 atom stereocenters. The van der Waals surface area contributed by atoms with E-state index >= 15 is 0 Å². The predicted octanol–water partition coefficient (Wildman–Crippen LogP) is 7.08. The molecule has 0 amide bonds. The van der Waals surface area contributed by atoms with Crippen LogP contribution in [0.4, 0.5) is 0 Å². The topological polar surface area (TPSA) is 17.1 Å². The van der Waals surface area contributed by atoms with E-state index in [1.54, 1.807) is 0 Å². The van der Waals surface area contributed by atoms with E-state index in [4.69, 9.17) is 11.6 Å². The predicted molar refractivity (Wildman–Crippen MR) is 118 cm³/mol. The first-order chi connectivity index (χ1) is 14.3. The minimum absolute atomic E-state index is 0.0601. The van der Waals surface area contributed by atoms with Crippen molar-refractivity contribution in [2.45, 2.75) is 11.8 Å². The molecule has 1 unspecified atom stereocenters. The minimum atomic E-state index is 0.0601. The Hall–Kier alpha value is -3.16. The van der Waals surface area contributed by atoms with E-state index in [1.807, 2.05) is 6.07 Å². The number of benzene rings is 4. The number of hydrogen-bond donors (Lipinski definition) is 0. The molecular weight excluding hydrogens is 376 g/mol. The van der Waals surface area contributed by atoms with Crippen molar-refractivity contribution in [1.82, 2.24) is 0 Å². The van der Waals surface area contributed by atoms with E-state index in [9.17, 15) is 4.79 Å². The molecule has 2 aliphatic rings. The van der Waals surface area contributed by atoms with Gasteiger partial charge in [-0.05, 0) is 50.6 Å². The van der Waals surface area contributed by atoms with Crippen molar-refractivity contribution < 1.29 is 4.79 Å². The summed E-state index contributed by atoms with van der Waals surface area (Å²) in [6, 6.07) is 29.7. The molecule has 0 fully saturated rings. The number of hydrogen-bond acceptors (Lipinski definition) is 1. The second-order valence-electron chi connectivity index (χ2n) is 7.76. The molecule has 2 heteroatoms. The first-order valence-corrected chi connectivity index (χ1v) is 10.2. The van der Waals surface area contributed by atoms with E-state index in [1.165, 1.54) is 33.4 Å². The molecule has 6 rings (SSSR count). The number of carbonyl (C=O) groups is 1. The fourth-order valence-electron chi connectivity index (χ4n) is 5.37. The maximum atomic E-state index is 12.1. The lowest BCUT2D eigenvalue weighted by atomic mass is 9.77. The smallest absolute Gasteiger partial charge is 0.151 e. The second-order valence-corrected chi connectivity index (χ2v) is 8.16. The summed E-state index contributed by atoms with van der Waals surface area (Å²) in [5, 5.41) is 0.524. The third-order valence-electron chi connectivity index (χ3n) is 6.46. The van der Waals surface area contributed by atoms with Gasteiger partial charge in [-0.25, -0.2) is 0 Å². The van der Waals surface area contributed by atoms with Crippen molar-refractivity contribution in [3.63, 3.8) is 0 Å². The van der Waals surface area contributed by atoms with Crippen LogP contribution >= 0.6 is 11.6 Å². The summed E-state index contributed by atoms with van der Waals surface area (Å²) >= 11 is 6.49. The van der Waals surface area contributed by atoms with E-state index in [0.717, 1.165) is 17.4 Å². The van der Waals surface area contributed by atoms with E-state index in [0.29, 0.717) is 10.6 Å². The van der Waals surface area contributed by atoms with Gasteiger partial charge in [0, 0.05) is 17.4 Å². The van der Waals surface area contributed by atoms with Crippen LogP contribution in [0.3, 0.4) is 0 Å². The Morgan fingerprint density at radius 2 is 1.07 bits per heavy atom. The fourth-order valence-corrected chi connectivity index (χ4v) is 5.58. The SMILES string of the molecule is O=Cc1c(Cl)ccc2c1C(C1c3ccccc3-c3ccccc31)c1ccccc1-2. The largest absolute Gasteiger partial charge is 0.298 e. The average molecular weight is 393 g/mol. The molecular formula is C27H17ClO. The molecule has 0 saturated heterocycles. The Morgan fingerprint density at radius 3 is 1.62 bits per heavy atom. The van der Waals surface area contributed by atoms with Crippen LogP contribution in [0.15, 0.2) is 84.9 Å². The summed E-state index contributed by atoms with van der Waals surface area (Å²) < 4.78 is 0. The van der Waals surface area contributed by atoms with Crippen molar-refractivity contribution in [2.75, 3.05) is 0 Å². The van der Waals surface area contributed by atoms with Crippen molar-refractivity contribution >= 4 is 17.9 Å². The number of carbonyl (C=O) groups excluding carboxylic acids is 1. The van der Waals surface area contributed by atoms with Crippen LogP contribution < -0.4 is 0 Å². The highest BCUT2D eigenvalue weighted by atomic mass is 35.5. The van der Waals surface area contributed by atoms with Crippen LogP contribution in [0.5, 0.6) is 0 Å². The van der Waals surface area contributed by atoms with Crippen LogP contribution in [0.25, 0.3) is 22.3 Å². The van der Waals surface area contributed by atoms with Gasteiger partial charge in [-0.3, -0.25) is 4.79 Å². The van der Waals surface area contributed by atoms with E-state index in [-0.39, 0.29) is 11.8 Å². The van der Waals surface area contributed by atoms with Gasteiger partial charge in [0.25, 0.3) is 0 Å². The normalized spacial score (nSPS) is 16.1. The summed E-state index contributed by atoms with van der Waals surface area (Å²) in [5.41, 5.74) is 10.5. The summed E-state index contributed by atoms with van der Waals surface area (Å²) in [4.78, 5) is 12.1. The van der Waals surface area contributed by atoms with Crippen molar-refractivity contribution in [2.24, 2.45) is 0 Å². The van der Waals surface area contributed by atoms with Gasteiger partial charge < -0.3 is 0 Å². The van der Waals surface area contributed by atoms with Crippen LogP contribution in [0.2, 0.25) is 5.02 Å². The maximum absolute atomic E-state index is 12.1. The first kappa shape index (κ1) is 16.8. The third kappa shape index (κ3) is 2.19. The average Bonchev–Trinajstić information content (AvgIpc) is 3.26. The van der Waals surface area contributed by atoms with Gasteiger partial charge in [-0.1, -0.05) is 90.5 Å².